The second kappa shape index (κ2) is 8.73. The van der Waals surface area contributed by atoms with Gasteiger partial charge in [0.15, 0.2) is 11.5 Å². The number of ketones is 1. The Morgan fingerprint density at radius 3 is 2.37 bits per heavy atom. The molecule has 0 bridgehead atoms. The summed E-state index contributed by atoms with van der Waals surface area (Å²) in [7, 11) is -3.52. The summed E-state index contributed by atoms with van der Waals surface area (Å²) >= 11 is 0. The van der Waals surface area contributed by atoms with Crippen LogP contribution >= 0.6 is 0 Å². The number of nitrogens with zero attached hydrogens (tertiary/aromatic N) is 1. The Kier molecular flexibility index (Phi) is 6.47. The smallest absolute Gasteiger partial charge is 0.287 e. The molecule has 0 radical (unpaired) electrons. The maximum absolute atomic E-state index is 12.7. The third-order valence-electron chi connectivity index (χ3n) is 5.58. The van der Waals surface area contributed by atoms with Crippen LogP contribution in [0.25, 0.3) is 0 Å². The number of amides is 1. The zero-order chi connectivity index (χ0) is 22.1. The molecule has 1 aromatic heterocycles. The van der Waals surface area contributed by atoms with E-state index in [0.717, 1.165) is 12.0 Å². The lowest BCUT2D eigenvalue weighted by Gasteiger charge is -2.19. The van der Waals surface area contributed by atoms with Gasteiger partial charge in [0.1, 0.15) is 5.76 Å². The summed E-state index contributed by atoms with van der Waals surface area (Å²) in [6, 6.07) is 6.15. The molecule has 0 saturated carbocycles. The Morgan fingerprint density at radius 1 is 1.17 bits per heavy atom. The molecule has 2 aromatic rings. The highest BCUT2D eigenvalue weighted by Crippen LogP contribution is 2.29. The number of nitrogens with one attached hydrogen (secondary N) is 1. The molecule has 1 aliphatic rings. The molecule has 1 aromatic carbocycles. The summed E-state index contributed by atoms with van der Waals surface area (Å²) < 4.78 is 32.3. The lowest BCUT2D eigenvalue weighted by Crippen LogP contribution is -2.30. The first-order valence-electron chi connectivity index (χ1n) is 10.3. The number of fused-ring (bicyclic) bond motifs is 1. The standard InChI is InChI=1S/C22H28N2O5S/c1-5-24(6-2)30(27,28)17-12-10-16(11-13-17)15(4)23-22(26)21-14(3)20-18(25)8-7-9-19(20)29-21/h10-13,15H,5-9H2,1-4H3,(H,23,26). The van der Waals surface area contributed by atoms with Gasteiger partial charge in [-0.3, -0.25) is 9.59 Å². The molecule has 0 saturated heterocycles. The molecule has 0 fully saturated rings. The Balaban J connectivity index is 1.76. The zero-order valence-electron chi connectivity index (χ0n) is 17.8. The van der Waals surface area contributed by atoms with Gasteiger partial charge in [-0.15, -0.1) is 0 Å². The van der Waals surface area contributed by atoms with Crippen LogP contribution in [0.2, 0.25) is 0 Å². The maximum atomic E-state index is 12.7. The van der Waals surface area contributed by atoms with Crippen molar-refractivity contribution in [2.45, 2.75) is 57.9 Å². The van der Waals surface area contributed by atoms with Crippen LogP contribution in [0.15, 0.2) is 33.6 Å². The number of hydrogen-bond donors (Lipinski definition) is 1. The van der Waals surface area contributed by atoms with Gasteiger partial charge >= 0.3 is 0 Å². The van der Waals surface area contributed by atoms with Gasteiger partial charge < -0.3 is 9.73 Å². The van der Waals surface area contributed by atoms with Crippen molar-refractivity contribution in [1.82, 2.24) is 9.62 Å². The van der Waals surface area contributed by atoms with Crippen LogP contribution in [0, 0.1) is 6.92 Å². The molecule has 7 nitrogen and oxygen atoms in total. The fraction of sp³-hybridized carbons (Fsp3) is 0.455. The lowest BCUT2D eigenvalue weighted by atomic mass is 9.94. The van der Waals surface area contributed by atoms with E-state index >= 15 is 0 Å². The fourth-order valence-electron chi connectivity index (χ4n) is 3.85. The molecule has 162 valence electrons. The number of carbonyl (C=O) groups excluding carboxylic acids is 2. The first kappa shape index (κ1) is 22.2. The van der Waals surface area contributed by atoms with Crippen molar-refractivity contribution in [3.8, 4) is 0 Å². The first-order valence-corrected chi connectivity index (χ1v) is 11.7. The van der Waals surface area contributed by atoms with Crippen molar-refractivity contribution >= 4 is 21.7 Å². The molecule has 30 heavy (non-hydrogen) atoms. The average molecular weight is 433 g/mol. The first-order chi connectivity index (χ1) is 14.2. The van der Waals surface area contributed by atoms with E-state index in [1.54, 1.807) is 45.0 Å². The summed E-state index contributed by atoms with van der Waals surface area (Å²) in [5, 5.41) is 2.88. The van der Waals surface area contributed by atoms with Gasteiger partial charge in [-0.05, 0) is 38.0 Å². The molecule has 3 rings (SSSR count). The minimum atomic E-state index is -3.52. The van der Waals surface area contributed by atoms with E-state index in [1.807, 2.05) is 6.92 Å². The number of benzene rings is 1. The Morgan fingerprint density at radius 2 is 1.80 bits per heavy atom. The topological polar surface area (TPSA) is 96.7 Å². The zero-order valence-corrected chi connectivity index (χ0v) is 18.6. The van der Waals surface area contributed by atoms with Crippen LogP contribution in [0.5, 0.6) is 0 Å². The number of Topliss-reactive ketones (excluding diaryl/α,β-unsaturated/α-hetero) is 1. The number of sulfonamides is 1. The Hall–Kier alpha value is -2.45. The van der Waals surface area contributed by atoms with Crippen molar-refractivity contribution < 1.29 is 22.4 Å². The Labute approximate surface area is 177 Å². The van der Waals surface area contributed by atoms with Crippen molar-refractivity contribution in [3.05, 3.63) is 52.5 Å². The van der Waals surface area contributed by atoms with Gasteiger partial charge in [0, 0.05) is 31.5 Å². The summed E-state index contributed by atoms with van der Waals surface area (Å²) in [6.45, 7) is 7.96. The number of hydrogen-bond acceptors (Lipinski definition) is 5. The van der Waals surface area contributed by atoms with Crippen LogP contribution in [0.3, 0.4) is 0 Å². The van der Waals surface area contributed by atoms with Crippen molar-refractivity contribution in [2.24, 2.45) is 0 Å². The molecular formula is C22H28N2O5S. The largest absolute Gasteiger partial charge is 0.455 e. The monoisotopic (exact) mass is 432 g/mol. The van der Waals surface area contributed by atoms with Gasteiger partial charge in [-0.25, -0.2) is 8.42 Å². The quantitative estimate of drug-likeness (QED) is 0.721. The highest BCUT2D eigenvalue weighted by atomic mass is 32.2. The van der Waals surface area contributed by atoms with E-state index in [1.165, 1.54) is 4.31 Å². The predicted octanol–water partition coefficient (Wildman–Crippen LogP) is 3.63. The lowest BCUT2D eigenvalue weighted by molar-refractivity contribution is 0.0906. The molecule has 1 N–H and O–H groups in total. The molecule has 0 spiro atoms. The average Bonchev–Trinajstić information content (AvgIpc) is 3.06. The molecule has 1 unspecified atom stereocenters. The maximum Gasteiger partial charge on any atom is 0.287 e. The Bertz CT molecular complexity index is 1050. The van der Waals surface area contributed by atoms with Crippen LogP contribution in [0.1, 0.15) is 77.5 Å². The van der Waals surface area contributed by atoms with Crippen molar-refractivity contribution in [2.75, 3.05) is 13.1 Å². The van der Waals surface area contributed by atoms with Crippen molar-refractivity contribution in [3.63, 3.8) is 0 Å². The van der Waals surface area contributed by atoms with Crippen LogP contribution < -0.4 is 5.32 Å². The minimum absolute atomic E-state index is 0.0228. The van der Waals surface area contributed by atoms with Gasteiger partial charge in [0.2, 0.25) is 10.0 Å². The number of aryl methyl sites for hydroxylation is 1. The third-order valence-corrected chi connectivity index (χ3v) is 7.65. The molecule has 0 aliphatic heterocycles. The summed E-state index contributed by atoms with van der Waals surface area (Å²) in [6.07, 6.45) is 1.87. The minimum Gasteiger partial charge on any atom is -0.455 e. The molecular weight excluding hydrogens is 404 g/mol. The van der Waals surface area contributed by atoms with Crippen LogP contribution in [-0.4, -0.2) is 37.5 Å². The van der Waals surface area contributed by atoms with Gasteiger partial charge in [0.05, 0.1) is 16.5 Å². The number of carbonyl (C=O) groups is 2. The van der Waals surface area contributed by atoms with E-state index in [-0.39, 0.29) is 28.4 Å². The molecule has 1 aliphatic carbocycles. The summed E-state index contributed by atoms with van der Waals surface area (Å²) in [4.78, 5) is 25.1. The second-order valence-corrected chi connectivity index (χ2v) is 9.42. The number of rotatable bonds is 7. The molecule has 1 atom stereocenters. The van der Waals surface area contributed by atoms with Gasteiger partial charge in [-0.2, -0.15) is 4.31 Å². The van der Waals surface area contributed by atoms with Crippen LogP contribution in [0.4, 0.5) is 0 Å². The second-order valence-electron chi connectivity index (χ2n) is 7.48. The number of furan rings is 1. The summed E-state index contributed by atoms with van der Waals surface area (Å²) in [5.41, 5.74) is 1.90. The molecule has 1 amide bonds. The van der Waals surface area contributed by atoms with Gasteiger partial charge in [0.25, 0.3) is 5.91 Å². The SMILES string of the molecule is CCN(CC)S(=O)(=O)c1ccc(C(C)NC(=O)c2oc3c(c2C)C(=O)CCC3)cc1. The van der Waals surface area contributed by atoms with E-state index in [4.69, 9.17) is 4.42 Å². The van der Waals surface area contributed by atoms with Crippen LogP contribution in [-0.2, 0) is 16.4 Å². The van der Waals surface area contributed by atoms with Crippen molar-refractivity contribution in [1.29, 1.82) is 0 Å². The van der Waals surface area contributed by atoms with Gasteiger partial charge in [-0.1, -0.05) is 26.0 Å². The predicted molar refractivity (Wildman–Crippen MR) is 113 cm³/mol. The highest BCUT2D eigenvalue weighted by molar-refractivity contribution is 7.89. The van der Waals surface area contributed by atoms with E-state index in [9.17, 15) is 18.0 Å². The third kappa shape index (κ3) is 4.06. The molecule has 1 heterocycles. The summed E-state index contributed by atoms with van der Waals surface area (Å²) in [5.74, 6) is 0.395. The van der Waals surface area contributed by atoms with E-state index < -0.39 is 10.0 Å². The van der Waals surface area contributed by atoms with E-state index in [2.05, 4.69) is 5.32 Å². The molecule has 8 heteroatoms. The fourth-order valence-corrected chi connectivity index (χ4v) is 5.31. The normalized spacial score (nSPS) is 15.2. The van der Waals surface area contributed by atoms with E-state index in [0.29, 0.717) is 42.8 Å². The highest BCUT2D eigenvalue weighted by Gasteiger charge is 2.29.